The van der Waals surface area contributed by atoms with E-state index in [0.29, 0.717) is 5.88 Å². The fourth-order valence-corrected chi connectivity index (χ4v) is 2.31. The van der Waals surface area contributed by atoms with Crippen LogP contribution in [0.5, 0.6) is 0 Å². The van der Waals surface area contributed by atoms with Gasteiger partial charge >= 0.3 is 0 Å². The highest BCUT2D eigenvalue weighted by Crippen LogP contribution is 2.30. The second-order valence-electron chi connectivity index (χ2n) is 3.92. The molecule has 0 atom stereocenters. The van der Waals surface area contributed by atoms with Crippen molar-refractivity contribution in [3.05, 3.63) is 47.5 Å². The molecule has 0 unspecified atom stereocenters. The number of halogens is 1. The standard InChI is InChI=1S/C14H10ClNO/c15-7-9-6-14-12(5-10(9)8-16)11-3-1-2-4-13(11)17-14/h1-6,8,16H,7H2. The fourth-order valence-electron chi connectivity index (χ4n) is 2.08. The first kappa shape index (κ1) is 10.4. The quantitative estimate of drug-likeness (QED) is 0.528. The van der Waals surface area contributed by atoms with Gasteiger partial charge in [-0.25, -0.2) is 0 Å². The molecule has 17 heavy (non-hydrogen) atoms. The van der Waals surface area contributed by atoms with E-state index in [4.69, 9.17) is 21.4 Å². The van der Waals surface area contributed by atoms with Crippen LogP contribution in [0, 0.1) is 5.41 Å². The van der Waals surface area contributed by atoms with E-state index in [1.807, 2.05) is 36.4 Å². The van der Waals surface area contributed by atoms with Gasteiger partial charge in [0.2, 0.25) is 0 Å². The van der Waals surface area contributed by atoms with Crippen LogP contribution in [-0.4, -0.2) is 6.21 Å². The number of alkyl halides is 1. The molecule has 2 nitrogen and oxygen atoms in total. The third-order valence-corrected chi connectivity index (χ3v) is 3.23. The van der Waals surface area contributed by atoms with Gasteiger partial charge in [-0.15, -0.1) is 11.6 Å². The van der Waals surface area contributed by atoms with Gasteiger partial charge in [-0.3, -0.25) is 0 Å². The highest BCUT2D eigenvalue weighted by atomic mass is 35.5. The Kier molecular flexibility index (Phi) is 2.37. The Hall–Kier alpha value is -1.80. The molecule has 0 saturated heterocycles. The largest absolute Gasteiger partial charge is 0.456 e. The third kappa shape index (κ3) is 1.53. The lowest BCUT2D eigenvalue weighted by Gasteiger charge is -2.00. The SMILES string of the molecule is N=Cc1cc2c(cc1CCl)oc1ccccc12. The molecular formula is C14H10ClNO. The molecule has 84 valence electrons. The van der Waals surface area contributed by atoms with Gasteiger partial charge in [-0.2, -0.15) is 0 Å². The highest BCUT2D eigenvalue weighted by molar-refractivity contribution is 6.18. The first-order chi connectivity index (χ1) is 8.33. The molecule has 3 heteroatoms. The molecule has 0 bridgehead atoms. The van der Waals surface area contributed by atoms with Crippen LogP contribution < -0.4 is 0 Å². The number of rotatable bonds is 2. The van der Waals surface area contributed by atoms with Crippen molar-refractivity contribution in [1.29, 1.82) is 5.41 Å². The number of hydrogen-bond acceptors (Lipinski definition) is 2. The second-order valence-corrected chi connectivity index (χ2v) is 4.19. The van der Waals surface area contributed by atoms with Crippen LogP contribution in [-0.2, 0) is 5.88 Å². The van der Waals surface area contributed by atoms with Crippen molar-refractivity contribution in [3.63, 3.8) is 0 Å². The summed E-state index contributed by atoms with van der Waals surface area (Å²) in [4.78, 5) is 0. The van der Waals surface area contributed by atoms with Crippen molar-refractivity contribution in [1.82, 2.24) is 0 Å². The van der Waals surface area contributed by atoms with Gasteiger partial charge in [0.15, 0.2) is 0 Å². The van der Waals surface area contributed by atoms with Crippen molar-refractivity contribution in [2.45, 2.75) is 5.88 Å². The predicted molar refractivity (Wildman–Crippen MR) is 71.2 cm³/mol. The van der Waals surface area contributed by atoms with Crippen molar-refractivity contribution in [2.75, 3.05) is 0 Å². The molecule has 0 fully saturated rings. The van der Waals surface area contributed by atoms with E-state index in [-0.39, 0.29) is 0 Å². The van der Waals surface area contributed by atoms with E-state index in [2.05, 4.69) is 0 Å². The number of furan rings is 1. The Balaban J connectivity index is 2.45. The number of hydrogen-bond donors (Lipinski definition) is 1. The normalized spacial score (nSPS) is 11.1. The highest BCUT2D eigenvalue weighted by Gasteiger charge is 2.09. The van der Waals surface area contributed by atoms with Crippen LogP contribution in [0.15, 0.2) is 40.8 Å². The van der Waals surface area contributed by atoms with Crippen LogP contribution in [0.1, 0.15) is 11.1 Å². The average Bonchev–Trinajstić information content (AvgIpc) is 2.74. The van der Waals surface area contributed by atoms with Gasteiger partial charge in [0.05, 0.1) is 0 Å². The smallest absolute Gasteiger partial charge is 0.135 e. The Morgan fingerprint density at radius 3 is 2.71 bits per heavy atom. The first-order valence-electron chi connectivity index (χ1n) is 5.34. The minimum absolute atomic E-state index is 0.387. The van der Waals surface area contributed by atoms with Gasteiger partial charge in [0, 0.05) is 22.9 Å². The zero-order chi connectivity index (χ0) is 11.8. The molecule has 3 rings (SSSR count). The first-order valence-corrected chi connectivity index (χ1v) is 5.87. The van der Waals surface area contributed by atoms with E-state index in [9.17, 15) is 0 Å². The summed E-state index contributed by atoms with van der Waals surface area (Å²) < 4.78 is 5.76. The maximum absolute atomic E-state index is 7.41. The molecule has 0 aliphatic carbocycles. The summed E-state index contributed by atoms with van der Waals surface area (Å²) in [6, 6.07) is 11.8. The van der Waals surface area contributed by atoms with E-state index in [1.165, 1.54) is 6.21 Å². The lowest BCUT2D eigenvalue weighted by atomic mass is 10.1. The Morgan fingerprint density at radius 1 is 1.12 bits per heavy atom. The van der Waals surface area contributed by atoms with Gasteiger partial charge in [-0.05, 0) is 29.3 Å². The second kappa shape index (κ2) is 3.90. The minimum Gasteiger partial charge on any atom is -0.456 e. The summed E-state index contributed by atoms with van der Waals surface area (Å²) in [6.07, 6.45) is 1.33. The van der Waals surface area contributed by atoms with Gasteiger partial charge in [0.1, 0.15) is 11.2 Å². The summed E-state index contributed by atoms with van der Waals surface area (Å²) in [6.45, 7) is 0. The summed E-state index contributed by atoms with van der Waals surface area (Å²) in [7, 11) is 0. The minimum atomic E-state index is 0.387. The van der Waals surface area contributed by atoms with E-state index in [1.54, 1.807) is 0 Å². The van der Waals surface area contributed by atoms with E-state index >= 15 is 0 Å². The monoisotopic (exact) mass is 243 g/mol. The van der Waals surface area contributed by atoms with Gasteiger partial charge in [-0.1, -0.05) is 18.2 Å². The molecule has 3 aromatic rings. The maximum Gasteiger partial charge on any atom is 0.135 e. The molecule has 0 amide bonds. The average molecular weight is 244 g/mol. The zero-order valence-corrected chi connectivity index (χ0v) is 9.79. The number of para-hydroxylation sites is 1. The molecule has 2 aromatic carbocycles. The molecule has 1 heterocycles. The maximum atomic E-state index is 7.41. The summed E-state index contributed by atoms with van der Waals surface area (Å²) in [5.41, 5.74) is 3.46. The lowest BCUT2D eigenvalue weighted by Crippen LogP contribution is -1.88. The van der Waals surface area contributed by atoms with Crippen molar-refractivity contribution in [2.24, 2.45) is 0 Å². The van der Waals surface area contributed by atoms with Crippen LogP contribution >= 0.6 is 11.6 Å². The lowest BCUT2D eigenvalue weighted by molar-refractivity contribution is 0.668. The van der Waals surface area contributed by atoms with Crippen LogP contribution in [0.2, 0.25) is 0 Å². The molecule has 0 spiro atoms. The van der Waals surface area contributed by atoms with Crippen molar-refractivity contribution >= 4 is 39.8 Å². The number of fused-ring (bicyclic) bond motifs is 3. The van der Waals surface area contributed by atoms with Crippen LogP contribution in [0.25, 0.3) is 21.9 Å². The third-order valence-electron chi connectivity index (χ3n) is 2.94. The van der Waals surface area contributed by atoms with Crippen LogP contribution in [0.4, 0.5) is 0 Å². The zero-order valence-electron chi connectivity index (χ0n) is 9.03. The molecular weight excluding hydrogens is 234 g/mol. The Morgan fingerprint density at radius 2 is 1.94 bits per heavy atom. The van der Waals surface area contributed by atoms with Crippen molar-refractivity contribution < 1.29 is 4.42 Å². The predicted octanol–water partition coefficient (Wildman–Crippen LogP) is 4.32. The Labute approximate surface area is 103 Å². The summed E-state index contributed by atoms with van der Waals surface area (Å²) >= 11 is 5.86. The Bertz CT molecular complexity index is 715. The summed E-state index contributed by atoms with van der Waals surface area (Å²) in [5.74, 6) is 0.387. The number of benzene rings is 2. The van der Waals surface area contributed by atoms with Gasteiger partial charge in [0.25, 0.3) is 0 Å². The number of nitrogens with one attached hydrogen (secondary N) is 1. The molecule has 0 aliphatic rings. The molecule has 0 aliphatic heterocycles. The van der Waals surface area contributed by atoms with E-state index in [0.717, 1.165) is 33.1 Å². The molecule has 0 saturated carbocycles. The molecule has 1 N–H and O–H groups in total. The van der Waals surface area contributed by atoms with Crippen molar-refractivity contribution in [3.8, 4) is 0 Å². The molecule has 0 radical (unpaired) electrons. The topological polar surface area (TPSA) is 37.0 Å². The fraction of sp³-hybridized carbons (Fsp3) is 0.0714. The van der Waals surface area contributed by atoms with Gasteiger partial charge < -0.3 is 9.83 Å². The van der Waals surface area contributed by atoms with E-state index < -0.39 is 0 Å². The molecule has 1 aromatic heterocycles. The summed E-state index contributed by atoms with van der Waals surface area (Å²) in [5, 5.41) is 9.52. The van der Waals surface area contributed by atoms with Crippen LogP contribution in [0.3, 0.4) is 0 Å².